The van der Waals surface area contributed by atoms with Crippen LogP contribution in [0.5, 0.6) is 0 Å². The minimum absolute atomic E-state index is 0.525. The molecule has 19 heavy (non-hydrogen) atoms. The van der Waals surface area contributed by atoms with E-state index in [2.05, 4.69) is 31.3 Å². The average molecular weight is 284 g/mol. The molecule has 1 fully saturated rings. The first-order valence-corrected chi connectivity index (χ1v) is 7.79. The van der Waals surface area contributed by atoms with Gasteiger partial charge in [0.1, 0.15) is 5.15 Å². The molecule has 1 aromatic heterocycles. The van der Waals surface area contributed by atoms with E-state index in [9.17, 15) is 0 Å². The maximum absolute atomic E-state index is 6.35. The highest BCUT2D eigenvalue weighted by molar-refractivity contribution is 6.30. The van der Waals surface area contributed by atoms with Crippen LogP contribution in [0.15, 0.2) is 0 Å². The molecule has 1 N–H and O–H groups in total. The van der Waals surface area contributed by atoms with Crippen molar-refractivity contribution in [1.82, 2.24) is 15.1 Å². The molecule has 1 heterocycles. The Bertz CT molecular complexity index is 427. The molecule has 0 amide bonds. The topological polar surface area (TPSA) is 29.9 Å². The molecule has 1 aliphatic carbocycles. The lowest BCUT2D eigenvalue weighted by Crippen LogP contribution is -2.34. The van der Waals surface area contributed by atoms with Gasteiger partial charge < -0.3 is 5.32 Å². The first-order valence-electron chi connectivity index (χ1n) is 7.42. The summed E-state index contributed by atoms with van der Waals surface area (Å²) in [5.41, 5.74) is 2.28. The molecule has 0 saturated heterocycles. The molecular formula is C15H26ClN3. The van der Waals surface area contributed by atoms with Crippen molar-refractivity contribution in [2.75, 3.05) is 7.05 Å². The zero-order valence-corrected chi connectivity index (χ0v) is 13.3. The van der Waals surface area contributed by atoms with E-state index in [1.165, 1.54) is 31.2 Å². The average Bonchev–Trinajstić information content (AvgIpc) is 2.95. The Morgan fingerprint density at radius 3 is 2.68 bits per heavy atom. The number of aromatic nitrogens is 2. The van der Waals surface area contributed by atoms with Crippen LogP contribution in [-0.2, 0) is 13.5 Å². The second kappa shape index (κ2) is 6.27. The molecule has 0 radical (unpaired) electrons. The lowest BCUT2D eigenvalue weighted by Gasteiger charge is -2.23. The van der Waals surface area contributed by atoms with E-state index in [1.54, 1.807) is 4.68 Å². The maximum atomic E-state index is 6.35. The summed E-state index contributed by atoms with van der Waals surface area (Å²) in [6, 6.07) is 0.525. The van der Waals surface area contributed by atoms with Gasteiger partial charge in [0, 0.05) is 18.7 Å². The molecule has 0 bridgehead atoms. The Morgan fingerprint density at radius 2 is 2.21 bits per heavy atom. The predicted molar refractivity (Wildman–Crippen MR) is 80.6 cm³/mol. The Labute approximate surface area is 121 Å². The first kappa shape index (κ1) is 14.9. The molecule has 0 aliphatic heterocycles. The zero-order chi connectivity index (χ0) is 14.0. The standard InChI is InChI=1S/C15H26ClN3/c1-5-11-6-7-12(8-11)14(17-3)9-13-10(2)18-19(4)15(13)16/h11-12,14,17H,5-9H2,1-4H3. The first-order chi connectivity index (χ1) is 9.06. The highest BCUT2D eigenvalue weighted by Crippen LogP contribution is 2.36. The molecule has 0 aromatic carbocycles. The van der Waals surface area contributed by atoms with Gasteiger partial charge in [0.2, 0.25) is 0 Å². The molecule has 3 atom stereocenters. The Morgan fingerprint density at radius 1 is 1.47 bits per heavy atom. The van der Waals surface area contributed by atoms with Crippen LogP contribution in [0.3, 0.4) is 0 Å². The quantitative estimate of drug-likeness (QED) is 0.898. The van der Waals surface area contributed by atoms with Crippen LogP contribution in [0.1, 0.15) is 43.9 Å². The monoisotopic (exact) mass is 283 g/mol. The minimum atomic E-state index is 0.525. The van der Waals surface area contributed by atoms with E-state index in [0.717, 1.165) is 29.1 Å². The second-order valence-electron chi connectivity index (χ2n) is 5.93. The molecular weight excluding hydrogens is 258 g/mol. The van der Waals surface area contributed by atoms with Crippen molar-refractivity contribution < 1.29 is 0 Å². The number of rotatable bonds is 5. The highest BCUT2D eigenvalue weighted by Gasteiger charge is 2.30. The van der Waals surface area contributed by atoms with Crippen LogP contribution in [0.2, 0.25) is 5.15 Å². The Balaban J connectivity index is 2.07. The predicted octanol–water partition coefficient (Wildman–Crippen LogP) is 3.34. The van der Waals surface area contributed by atoms with Crippen molar-refractivity contribution in [3.8, 4) is 0 Å². The maximum Gasteiger partial charge on any atom is 0.130 e. The molecule has 2 rings (SSSR count). The lowest BCUT2D eigenvalue weighted by molar-refractivity contribution is 0.361. The van der Waals surface area contributed by atoms with Gasteiger partial charge in [0.15, 0.2) is 0 Å². The van der Waals surface area contributed by atoms with Crippen LogP contribution in [0.25, 0.3) is 0 Å². The van der Waals surface area contributed by atoms with E-state index in [-0.39, 0.29) is 0 Å². The van der Waals surface area contributed by atoms with E-state index in [0.29, 0.717) is 6.04 Å². The number of halogens is 1. The summed E-state index contributed by atoms with van der Waals surface area (Å²) in [6.07, 6.45) is 6.41. The fraction of sp³-hybridized carbons (Fsp3) is 0.800. The summed E-state index contributed by atoms with van der Waals surface area (Å²) in [5.74, 6) is 1.71. The smallest absolute Gasteiger partial charge is 0.130 e. The third-order valence-corrected chi connectivity index (χ3v) is 5.27. The van der Waals surface area contributed by atoms with Crippen LogP contribution < -0.4 is 5.32 Å². The van der Waals surface area contributed by atoms with Gasteiger partial charge in [-0.25, -0.2) is 0 Å². The molecule has 3 nitrogen and oxygen atoms in total. The summed E-state index contributed by atoms with van der Waals surface area (Å²) >= 11 is 6.35. The summed E-state index contributed by atoms with van der Waals surface area (Å²) < 4.78 is 1.78. The number of hydrogen-bond donors (Lipinski definition) is 1. The fourth-order valence-corrected chi connectivity index (χ4v) is 3.73. The molecule has 108 valence electrons. The van der Waals surface area contributed by atoms with Crippen LogP contribution >= 0.6 is 11.6 Å². The third-order valence-electron chi connectivity index (χ3n) is 4.79. The van der Waals surface area contributed by atoms with Crippen LogP contribution in [0, 0.1) is 18.8 Å². The summed E-state index contributed by atoms with van der Waals surface area (Å²) in [7, 11) is 3.99. The van der Waals surface area contributed by atoms with E-state index in [4.69, 9.17) is 11.6 Å². The van der Waals surface area contributed by atoms with Crippen molar-refractivity contribution >= 4 is 11.6 Å². The summed E-state index contributed by atoms with van der Waals surface area (Å²) in [4.78, 5) is 0. The second-order valence-corrected chi connectivity index (χ2v) is 6.28. The lowest BCUT2D eigenvalue weighted by atomic mass is 9.91. The van der Waals surface area contributed by atoms with Crippen LogP contribution in [0.4, 0.5) is 0 Å². The van der Waals surface area contributed by atoms with Crippen molar-refractivity contribution in [3.63, 3.8) is 0 Å². The number of hydrogen-bond acceptors (Lipinski definition) is 2. The highest BCUT2D eigenvalue weighted by atomic mass is 35.5. The number of likely N-dealkylation sites (N-methyl/N-ethyl adjacent to an activating group) is 1. The van der Waals surface area contributed by atoms with Gasteiger partial charge >= 0.3 is 0 Å². The van der Waals surface area contributed by atoms with Crippen molar-refractivity contribution in [3.05, 3.63) is 16.4 Å². The molecule has 0 spiro atoms. The zero-order valence-electron chi connectivity index (χ0n) is 12.5. The van der Waals surface area contributed by atoms with Gasteiger partial charge in [0.05, 0.1) is 5.69 Å². The summed E-state index contributed by atoms with van der Waals surface area (Å²) in [5, 5.41) is 8.71. The minimum Gasteiger partial charge on any atom is -0.316 e. The van der Waals surface area contributed by atoms with E-state index in [1.807, 2.05) is 7.05 Å². The third kappa shape index (κ3) is 3.14. The molecule has 1 saturated carbocycles. The van der Waals surface area contributed by atoms with Gasteiger partial charge in [-0.15, -0.1) is 0 Å². The van der Waals surface area contributed by atoms with E-state index >= 15 is 0 Å². The molecule has 1 aromatic rings. The number of nitrogens with one attached hydrogen (secondary N) is 1. The summed E-state index contributed by atoms with van der Waals surface area (Å²) in [6.45, 7) is 4.36. The SMILES string of the molecule is CCC1CCC(C(Cc2c(C)nn(C)c2Cl)NC)C1. The van der Waals surface area contributed by atoms with Crippen molar-refractivity contribution in [1.29, 1.82) is 0 Å². The number of nitrogens with zero attached hydrogens (tertiary/aromatic N) is 2. The Hall–Kier alpha value is -0.540. The molecule has 4 heteroatoms. The van der Waals surface area contributed by atoms with Gasteiger partial charge in [0.25, 0.3) is 0 Å². The largest absolute Gasteiger partial charge is 0.316 e. The van der Waals surface area contributed by atoms with E-state index < -0.39 is 0 Å². The van der Waals surface area contributed by atoms with Gasteiger partial charge in [-0.05, 0) is 45.1 Å². The normalized spacial score (nSPS) is 24.9. The van der Waals surface area contributed by atoms with Gasteiger partial charge in [-0.3, -0.25) is 4.68 Å². The van der Waals surface area contributed by atoms with Gasteiger partial charge in [-0.1, -0.05) is 31.4 Å². The molecule has 1 aliphatic rings. The van der Waals surface area contributed by atoms with Crippen molar-refractivity contribution in [2.24, 2.45) is 18.9 Å². The van der Waals surface area contributed by atoms with Gasteiger partial charge in [-0.2, -0.15) is 5.10 Å². The Kier molecular flexibility index (Phi) is 4.91. The number of aryl methyl sites for hydroxylation is 2. The van der Waals surface area contributed by atoms with Crippen molar-refractivity contribution in [2.45, 2.75) is 52.0 Å². The molecule has 3 unspecified atom stereocenters. The van der Waals surface area contributed by atoms with Crippen LogP contribution in [-0.4, -0.2) is 22.9 Å². The fourth-order valence-electron chi connectivity index (χ4n) is 3.48.